The van der Waals surface area contributed by atoms with Crippen molar-refractivity contribution in [3.05, 3.63) is 42.0 Å². The summed E-state index contributed by atoms with van der Waals surface area (Å²) in [6.45, 7) is 0.375. The molecular formula is C14H17NO7. The van der Waals surface area contributed by atoms with Gasteiger partial charge < -0.3 is 25.4 Å². The zero-order chi connectivity index (χ0) is 17.0. The van der Waals surface area contributed by atoms with Crippen LogP contribution in [0.5, 0.6) is 5.75 Å². The van der Waals surface area contributed by atoms with Crippen molar-refractivity contribution in [2.45, 2.75) is 6.54 Å². The van der Waals surface area contributed by atoms with Crippen molar-refractivity contribution in [3.8, 4) is 5.75 Å². The molecule has 0 aliphatic carbocycles. The van der Waals surface area contributed by atoms with Gasteiger partial charge in [0, 0.05) is 18.7 Å². The van der Waals surface area contributed by atoms with E-state index < -0.39 is 17.9 Å². The maximum Gasteiger partial charge on any atom is 0.343 e. The molecule has 0 amide bonds. The first-order valence-electron chi connectivity index (χ1n) is 6.01. The van der Waals surface area contributed by atoms with Gasteiger partial charge in [-0.05, 0) is 17.7 Å². The van der Waals surface area contributed by atoms with Gasteiger partial charge in [0.25, 0.3) is 0 Å². The summed E-state index contributed by atoms with van der Waals surface area (Å²) in [6, 6.07) is 7.28. The minimum Gasteiger partial charge on any atom is -0.482 e. The Morgan fingerprint density at radius 1 is 1.18 bits per heavy atom. The summed E-state index contributed by atoms with van der Waals surface area (Å²) < 4.78 is 9.61. The second-order valence-electron chi connectivity index (χ2n) is 3.73. The average Bonchev–Trinajstić information content (AvgIpc) is 2.51. The molecular weight excluding hydrogens is 294 g/mol. The summed E-state index contributed by atoms with van der Waals surface area (Å²) in [6.07, 6.45) is 1.12. The molecule has 1 aromatic rings. The highest BCUT2D eigenvalue weighted by molar-refractivity contribution is 5.89. The van der Waals surface area contributed by atoms with Crippen LogP contribution in [0.3, 0.4) is 0 Å². The number of nitrogens with two attached hydrogens (primary N) is 1. The van der Waals surface area contributed by atoms with Crippen LogP contribution in [0.2, 0.25) is 0 Å². The van der Waals surface area contributed by atoms with Crippen LogP contribution in [0, 0.1) is 0 Å². The molecule has 0 saturated carbocycles. The molecule has 0 fully saturated rings. The molecule has 1 rings (SSSR count). The molecule has 1 aromatic carbocycles. The van der Waals surface area contributed by atoms with Crippen molar-refractivity contribution in [2.24, 2.45) is 5.73 Å². The number of carbonyl (C=O) groups is 3. The fourth-order valence-corrected chi connectivity index (χ4v) is 1.11. The number of carboxylic acid groups (broad SMARTS) is 2. The van der Waals surface area contributed by atoms with Gasteiger partial charge in [-0.3, -0.25) is 0 Å². The second-order valence-corrected chi connectivity index (χ2v) is 3.73. The molecule has 0 heterocycles. The Hall–Kier alpha value is -2.87. The summed E-state index contributed by atoms with van der Waals surface area (Å²) in [5.74, 6) is -2.29. The van der Waals surface area contributed by atoms with Gasteiger partial charge in [-0.1, -0.05) is 12.1 Å². The van der Waals surface area contributed by atoms with E-state index in [9.17, 15) is 14.4 Å². The van der Waals surface area contributed by atoms with Crippen LogP contribution < -0.4 is 10.5 Å². The number of hydrogen-bond donors (Lipinski definition) is 3. The van der Waals surface area contributed by atoms with Crippen molar-refractivity contribution in [1.82, 2.24) is 0 Å². The van der Waals surface area contributed by atoms with Crippen LogP contribution in [-0.2, 0) is 25.7 Å². The normalized spacial score (nSPS) is 9.55. The molecule has 4 N–H and O–H groups in total. The van der Waals surface area contributed by atoms with Gasteiger partial charge in [0.2, 0.25) is 0 Å². The van der Waals surface area contributed by atoms with E-state index in [-0.39, 0.29) is 6.61 Å². The van der Waals surface area contributed by atoms with E-state index in [1.54, 1.807) is 12.1 Å². The Kier molecular flexibility index (Phi) is 9.45. The molecule has 0 aromatic heterocycles. The van der Waals surface area contributed by atoms with Crippen molar-refractivity contribution < 1.29 is 34.1 Å². The minimum absolute atomic E-state index is 0.0788. The Labute approximate surface area is 126 Å². The van der Waals surface area contributed by atoms with E-state index in [2.05, 4.69) is 4.74 Å². The first-order valence-corrected chi connectivity index (χ1v) is 6.01. The number of carboxylic acids is 2. The molecule has 8 heteroatoms. The molecule has 22 heavy (non-hydrogen) atoms. The summed E-state index contributed by atoms with van der Waals surface area (Å²) in [4.78, 5) is 29.9. The fraction of sp³-hybridized carbons (Fsp3) is 0.214. The van der Waals surface area contributed by atoms with Gasteiger partial charge in [-0.25, -0.2) is 14.4 Å². The number of aliphatic carboxylic acids is 2. The lowest BCUT2D eigenvalue weighted by Crippen LogP contribution is -2.12. The SMILES string of the molecule is COC(=O)COc1cccc(CN)c1.O=C(O)/C=C\C(=O)O. The smallest absolute Gasteiger partial charge is 0.343 e. The highest BCUT2D eigenvalue weighted by Gasteiger charge is 2.01. The highest BCUT2D eigenvalue weighted by atomic mass is 16.6. The van der Waals surface area contributed by atoms with Crippen LogP contribution in [0.25, 0.3) is 0 Å². The molecule has 0 atom stereocenters. The van der Waals surface area contributed by atoms with E-state index in [0.29, 0.717) is 24.4 Å². The van der Waals surface area contributed by atoms with Gasteiger partial charge in [0.15, 0.2) is 6.61 Å². The zero-order valence-electron chi connectivity index (χ0n) is 11.9. The third kappa shape index (κ3) is 9.98. The van der Waals surface area contributed by atoms with Crippen molar-refractivity contribution in [3.63, 3.8) is 0 Å². The molecule has 0 radical (unpaired) electrons. The third-order valence-electron chi connectivity index (χ3n) is 2.09. The van der Waals surface area contributed by atoms with E-state index in [1.807, 2.05) is 12.1 Å². The highest BCUT2D eigenvalue weighted by Crippen LogP contribution is 2.12. The Morgan fingerprint density at radius 2 is 1.77 bits per heavy atom. The van der Waals surface area contributed by atoms with Gasteiger partial charge >= 0.3 is 17.9 Å². The monoisotopic (exact) mass is 311 g/mol. The molecule has 0 aliphatic heterocycles. The maximum atomic E-state index is 10.8. The topological polar surface area (TPSA) is 136 Å². The van der Waals surface area contributed by atoms with Gasteiger partial charge in [0.1, 0.15) is 5.75 Å². The molecule has 0 spiro atoms. The standard InChI is InChI=1S/C10H13NO3.C4H4O4/c1-13-10(12)7-14-9-4-2-3-8(5-9)6-11;5-3(6)1-2-4(7)8/h2-5H,6-7,11H2,1H3;1-2H,(H,5,6)(H,7,8)/b;2-1-. The Bertz CT molecular complexity index is 524. The van der Waals surface area contributed by atoms with Crippen LogP contribution in [0.15, 0.2) is 36.4 Å². The number of ether oxygens (including phenoxy) is 2. The number of benzene rings is 1. The quantitative estimate of drug-likeness (QED) is 0.507. The molecule has 0 unspecified atom stereocenters. The van der Waals surface area contributed by atoms with Gasteiger partial charge in [0.05, 0.1) is 7.11 Å². The molecule has 8 nitrogen and oxygen atoms in total. The van der Waals surface area contributed by atoms with E-state index >= 15 is 0 Å². The van der Waals surface area contributed by atoms with Crippen molar-refractivity contribution in [2.75, 3.05) is 13.7 Å². The van der Waals surface area contributed by atoms with Gasteiger partial charge in [-0.2, -0.15) is 0 Å². The fourth-order valence-electron chi connectivity index (χ4n) is 1.11. The average molecular weight is 311 g/mol. The first kappa shape index (κ1) is 19.1. The molecule has 120 valence electrons. The van der Waals surface area contributed by atoms with E-state index in [0.717, 1.165) is 5.56 Å². The van der Waals surface area contributed by atoms with E-state index in [1.165, 1.54) is 7.11 Å². The summed E-state index contributed by atoms with van der Waals surface area (Å²) in [5, 5.41) is 15.6. The number of hydrogen-bond acceptors (Lipinski definition) is 6. The lowest BCUT2D eigenvalue weighted by Gasteiger charge is -2.05. The second kappa shape index (κ2) is 10.9. The summed E-state index contributed by atoms with van der Waals surface area (Å²) >= 11 is 0. The predicted octanol–water partition coefficient (Wildman–Crippen LogP) is 0.409. The Morgan fingerprint density at radius 3 is 2.23 bits per heavy atom. The van der Waals surface area contributed by atoms with Crippen LogP contribution in [0.4, 0.5) is 0 Å². The largest absolute Gasteiger partial charge is 0.482 e. The number of methoxy groups -OCH3 is 1. The van der Waals surface area contributed by atoms with Crippen LogP contribution >= 0.6 is 0 Å². The zero-order valence-corrected chi connectivity index (χ0v) is 11.9. The van der Waals surface area contributed by atoms with Crippen molar-refractivity contribution in [1.29, 1.82) is 0 Å². The number of rotatable bonds is 6. The van der Waals surface area contributed by atoms with Gasteiger partial charge in [-0.15, -0.1) is 0 Å². The third-order valence-corrected chi connectivity index (χ3v) is 2.09. The number of esters is 1. The maximum absolute atomic E-state index is 10.8. The van der Waals surface area contributed by atoms with Crippen LogP contribution in [-0.4, -0.2) is 41.8 Å². The van der Waals surface area contributed by atoms with Crippen molar-refractivity contribution >= 4 is 17.9 Å². The summed E-state index contributed by atoms with van der Waals surface area (Å²) in [5.41, 5.74) is 6.42. The summed E-state index contributed by atoms with van der Waals surface area (Å²) in [7, 11) is 1.32. The number of carbonyl (C=O) groups excluding carboxylic acids is 1. The predicted molar refractivity (Wildman–Crippen MR) is 76.3 cm³/mol. The molecule has 0 saturated heterocycles. The minimum atomic E-state index is -1.26. The molecule has 0 bridgehead atoms. The lowest BCUT2D eigenvalue weighted by molar-refractivity contribution is -0.143. The lowest BCUT2D eigenvalue weighted by atomic mass is 10.2. The van der Waals surface area contributed by atoms with E-state index in [4.69, 9.17) is 20.7 Å². The molecule has 0 aliphatic rings. The Balaban J connectivity index is 0.000000472. The van der Waals surface area contributed by atoms with Crippen LogP contribution in [0.1, 0.15) is 5.56 Å². The first-order chi connectivity index (χ1) is 10.4.